The van der Waals surface area contributed by atoms with Crippen LogP contribution < -0.4 is 5.73 Å². The topological polar surface area (TPSA) is 48.1 Å². The van der Waals surface area contributed by atoms with Gasteiger partial charge in [-0.2, -0.15) is 0 Å². The Morgan fingerprint density at radius 3 is 2.47 bits per heavy atom. The fourth-order valence-corrected chi connectivity index (χ4v) is 2.90. The molecule has 1 aromatic rings. The molecule has 5 atom stereocenters. The van der Waals surface area contributed by atoms with E-state index in [4.69, 9.17) is 10.5 Å². The lowest BCUT2D eigenvalue weighted by Crippen LogP contribution is -2.30. The predicted octanol–water partition coefficient (Wildman–Crippen LogP) is 2.45. The molecule has 0 spiro atoms. The number of nitrogens with zero attached hydrogens (tertiary/aromatic N) is 1. The van der Waals surface area contributed by atoms with E-state index in [1.165, 1.54) is 0 Å². The summed E-state index contributed by atoms with van der Waals surface area (Å²) >= 11 is 0. The summed E-state index contributed by atoms with van der Waals surface area (Å²) in [5, 5.41) is 0. The Morgan fingerprint density at radius 1 is 1.24 bits per heavy atom. The van der Waals surface area contributed by atoms with Crippen LogP contribution in [0.3, 0.4) is 0 Å². The number of pyridine rings is 1. The van der Waals surface area contributed by atoms with Crippen LogP contribution in [0.2, 0.25) is 0 Å². The van der Waals surface area contributed by atoms with Crippen molar-refractivity contribution in [1.82, 2.24) is 4.98 Å². The zero-order valence-corrected chi connectivity index (χ0v) is 11.1. The summed E-state index contributed by atoms with van der Waals surface area (Å²) in [5.41, 5.74) is 8.67. The van der Waals surface area contributed by atoms with E-state index in [-0.39, 0.29) is 12.1 Å². The van der Waals surface area contributed by atoms with Gasteiger partial charge in [-0.05, 0) is 37.8 Å². The van der Waals surface area contributed by atoms with Gasteiger partial charge >= 0.3 is 0 Å². The van der Waals surface area contributed by atoms with Crippen molar-refractivity contribution in [3.05, 3.63) is 29.6 Å². The Hall–Kier alpha value is -0.930. The summed E-state index contributed by atoms with van der Waals surface area (Å²) in [7, 11) is 0. The first kappa shape index (κ1) is 12.5. The molecule has 3 nitrogen and oxygen atoms in total. The summed E-state index contributed by atoms with van der Waals surface area (Å²) < 4.78 is 5.86. The molecule has 5 unspecified atom stereocenters. The van der Waals surface area contributed by atoms with E-state index in [0.717, 1.165) is 11.1 Å². The highest BCUT2D eigenvalue weighted by Crippen LogP contribution is 2.39. The first-order chi connectivity index (χ1) is 8.00. The smallest absolute Gasteiger partial charge is 0.0600 e. The summed E-state index contributed by atoms with van der Waals surface area (Å²) in [6.45, 7) is 8.52. The second-order valence-electron chi connectivity index (χ2n) is 5.30. The highest BCUT2D eigenvalue weighted by molar-refractivity contribution is 5.21. The van der Waals surface area contributed by atoms with Gasteiger partial charge in [0.25, 0.3) is 0 Å². The molecule has 0 bridgehead atoms. The molecule has 1 aliphatic rings. The standard InChI is InChI=1S/C14H22N2O/c1-8-5-12(7-16-6-8)14(15)13-9(2)10(3)17-11(13)4/h5-7,9-11,13-14H,15H2,1-4H3. The molecule has 2 rings (SSSR count). The molecular formula is C14H22N2O. The minimum Gasteiger partial charge on any atom is -0.375 e. The van der Waals surface area contributed by atoms with Crippen LogP contribution in [0.5, 0.6) is 0 Å². The van der Waals surface area contributed by atoms with Crippen molar-refractivity contribution in [3.63, 3.8) is 0 Å². The van der Waals surface area contributed by atoms with Crippen LogP contribution in [0.15, 0.2) is 18.5 Å². The Bertz CT molecular complexity index is 394. The maximum absolute atomic E-state index is 6.39. The van der Waals surface area contributed by atoms with E-state index in [0.29, 0.717) is 17.9 Å². The lowest BCUT2D eigenvalue weighted by atomic mass is 9.81. The van der Waals surface area contributed by atoms with Crippen LogP contribution in [0.4, 0.5) is 0 Å². The average molecular weight is 234 g/mol. The molecular weight excluding hydrogens is 212 g/mol. The van der Waals surface area contributed by atoms with Crippen LogP contribution in [-0.4, -0.2) is 17.2 Å². The third-order valence-electron chi connectivity index (χ3n) is 4.01. The van der Waals surface area contributed by atoms with Gasteiger partial charge in [0, 0.05) is 24.4 Å². The summed E-state index contributed by atoms with van der Waals surface area (Å²) in [6.07, 6.45) is 4.24. The fourth-order valence-electron chi connectivity index (χ4n) is 2.90. The summed E-state index contributed by atoms with van der Waals surface area (Å²) in [5.74, 6) is 0.856. The molecule has 1 fully saturated rings. The fraction of sp³-hybridized carbons (Fsp3) is 0.643. The molecule has 17 heavy (non-hydrogen) atoms. The van der Waals surface area contributed by atoms with Gasteiger partial charge in [0.15, 0.2) is 0 Å². The molecule has 0 saturated carbocycles. The number of hydrogen-bond acceptors (Lipinski definition) is 3. The van der Waals surface area contributed by atoms with Crippen molar-refractivity contribution in [2.24, 2.45) is 17.6 Å². The normalized spacial score (nSPS) is 34.9. The Morgan fingerprint density at radius 2 is 1.94 bits per heavy atom. The van der Waals surface area contributed by atoms with Gasteiger partial charge in [0.1, 0.15) is 0 Å². The number of hydrogen-bond donors (Lipinski definition) is 1. The molecule has 0 aliphatic carbocycles. The van der Waals surface area contributed by atoms with E-state index < -0.39 is 0 Å². The van der Waals surface area contributed by atoms with Gasteiger partial charge in [0.2, 0.25) is 0 Å². The van der Waals surface area contributed by atoms with Crippen LogP contribution in [0.1, 0.15) is 37.9 Å². The first-order valence-corrected chi connectivity index (χ1v) is 6.33. The van der Waals surface area contributed by atoms with Crippen molar-refractivity contribution in [3.8, 4) is 0 Å². The third-order valence-corrected chi connectivity index (χ3v) is 4.01. The molecule has 1 saturated heterocycles. The molecule has 0 radical (unpaired) electrons. The van der Waals surface area contributed by atoms with Crippen LogP contribution in [-0.2, 0) is 4.74 Å². The third kappa shape index (κ3) is 2.35. The second-order valence-corrected chi connectivity index (χ2v) is 5.30. The Kier molecular flexibility index (Phi) is 3.50. The van der Waals surface area contributed by atoms with Crippen molar-refractivity contribution >= 4 is 0 Å². The van der Waals surface area contributed by atoms with Gasteiger partial charge < -0.3 is 10.5 Å². The zero-order chi connectivity index (χ0) is 12.6. The molecule has 2 heterocycles. The van der Waals surface area contributed by atoms with Gasteiger partial charge in [-0.1, -0.05) is 13.0 Å². The highest BCUT2D eigenvalue weighted by atomic mass is 16.5. The maximum atomic E-state index is 6.39. The average Bonchev–Trinajstić information content (AvgIpc) is 2.52. The zero-order valence-electron chi connectivity index (χ0n) is 11.1. The monoisotopic (exact) mass is 234 g/mol. The SMILES string of the molecule is Cc1cncc(C(N)C2C(C)OC(C)C2C)c1. The van der Waals surface area contributed by atoms with Gasteiger partial charge in [-0.3, -0.25) is 4.98 Å². The van der Waals surface area contributed by atoms with E-state index in [1.807, 2.05) is 19.3 Å². The molecule has 0 aromatic carbocycles. The molecule has 94 valence electrons. The molecule has 3 heteroatoms. The molecule has 2 N–H and O–H groups in total. The highest BCUT2D eigenvalue weighted by Gasteiger charge is 2.40. The first-order valence-electron chi connectivity index (χ1n) is 6.33. The van der Waals surface area contributed by atoms with Crippen molar-refractivity contribution < 1.29 is 4.74 Å². The number of nitrogens with two attached hydrogens (primary N) is 1. The van der Waals surface area contributed by atoms with Gasteiger partial charge in [-0.25, -0.2) is 0 Å². The van der Waals surface area contributed by atoms with Crippen LogP contribution in [0.25, 0.3) is 0 Å². The number of aryl methyl sites for hydroxylation is 1. The van der Waals surface area contributed by atoms with Crippen molar-refractivity contribution in [2.45, 2.75) is 45.9 Å². The van der Waals surface area contributed by atoms with E-state index in [2.05, 4.69) is 31.8 Å². The van der Waals surface area contributed by atoms with Crippen molar-refractivity contribution in [1.29, 1.82) is 0 Å². The lowest BCUT2D eigenvalue weighted by Gasteiger charge is -2.26. The van der Waals surface area contributed by atoms with E-state index >= 15 is 0 Å². The largest absolute Gasteiger partial charge is 0.375 e. The summed E-state index contributed by atoms with van der Waals surface area (Å²) in [6, 6.07) is 2.14. The second kappa shape index (κ2) is 4.75. The number of aromatic nitrogens is 1. The summed E-state index contributed by atoms with van der Waals surface area (Å²) in [4.78, 5) is 4.22. The Balaban J connectivity index is 2.22. The van der Waals surface area contributed by atoms with Crippen molar-refractivity contribution in [2.75, 3.05) is 0 Å². The Labute approximate surface area is 103 Å². The quantitative estimate of drug-likeness (QED) is 0.855. The molecule has 1 aliphatic heterocycles. The predicted molar refractivity (Wildman–Crippen MR) is 68.6 cm³/mol. The minimum atomic E-state index is 0.0114. The lowest BCUT2D eigenvalue weighted by molar-refractivity contribution is 0.0489. The maximum Gasteiger partial charge on any atom is 0.0600 e. The molecule has 1 aromatic heterocycles. The van der Waals surface area contributed by atoms with Crippen LogP contribution in [0, 0.1) is 18.8 Å². The van der Waals surface area contributed by atoms with E-state index in [9.17, 15) is 0 Å². The molecule has 0 amide bonds. The number of rotatable bonds is 2. The van der Waals surface area contributed by atoms with E-state index in [1.54, 1.807) is 0 Å². The number of ether oxygens (including phenoxy) is 1. The van der Waals surface area contributed by atoms with Gasteiger partial charge in [-0.15, -0.1) is 0 Å². The minimum absolute atomic E-state index is 0.0114. The van der Waals surface area contributed by atoms with Crippen LogP contribution >= 0.6 is 0 Å². The van der Waals surface area contributed by atoms with Gasteiger partial charge in [0.05, 0.1) is 12.2 Å².